The molecule has 0 saturated heterocycles. The van der Waals surface area contributed by atoms with E-state index in [4.69, 9.17) is 0 Å². The number of carbonyl (C=O) groups excluding carboxylic acids is 1. The number of amides is 1. The first-order valence-electron chi connectivity index (χ1n) is 9.88. The Morgan fingerprint density at radius 1 is 1.26 bits per heavy atom. The minimum atomic E-state index is -0.368. The highest BCUT2D eigenvalue weighted by atomic mass is 16.2. The predicted octanol–water partition coefficient (Wildman–Crippen LogP) is 4.69. The summed E-state index contributed by atoms with van der Waals surface area (Å²) < 4.78 is 0. The Morgan fingerprint density at radius 2 is 2.07 bits per heavy atom. The van der Waals surface area contributed by atoms with Crippen LogP contribution < -0.4 is 4.90 Å². The maximum Gasteiger partial charge on any atom is 0.238 e. The topological polar surface area (TPSA) is 49.0 Å². The van der Waals surface area contributed by atoms with Crippen molar-refractivity contribution in [1.29, 1.82) is 0 Å². The van der Waals surface area contributed by atoms with Crippen molar-refractivity contribution in [3.05, 3.63) is 59.3 Å². The van der Waals surface area contributed by atoms with Gasteiger partial charge < -0.3 is 4.90 Å². The zero-order chi connectivity index (χ0) is 18.8. The Morgan fingerprint density at radius 3 is 2.89 bits per heavy atom. The van der Waals surface area contributed by atoms with Gasteiger partial charge in [0.25, 0.3) is 0 Å². The summed E-state index contributed by atoms with van der Waals surface area (Å²) in [7, 11) is 0. The third-order valence-electron chi connectivity index (χ3n) is 6.37. The fourth-order valence-electron chi connectivity index (χ4n) is 4.74. The molecule has 5 rings (SSSR count). The highest BCUT2D eigenvalue weighted by Gasteiger charge is 2.66. The van der Waals surface area contributed by atoms with Gasteiger partial charge in [0.05, 0.1) is 10.9 Å². The number of hydrogen-bond acceptors (Lipinski definition) is 2. The van der Waals surface area contributed by atoms with E-state index in [0.717, 1.165) is 41.7 Å². The summed E-state index contributed by atoms with van der Waals surface area (Å²) in [5, 5.41) is 8.63. The van der Waals surface area contributed by atoms with Crippen LogP contribution in [0.5, 0.6) is 0 Å². The molecule has 1 saturated carbocycles. The molecule has 2 heterocycles. The summed E-state index contributed by atoms with van der Waals surface area (Å²) in [5.74, 6) is 1.12. The lowest BCUT2D eigenvalue weighted by atomic mass is 9.92. The smallest absolute Gasteiger partial charge is 0.238 e. The predicted molar refractivity (Wildman–Crippen MR) is 108 cm³/mol. The Balaban J connectivity index is 1.53. The number of rotatable bonds is 4. The first-order valence-corrected chi connectivity index (χ1v) is 9.88. The van der Waals surface area contributed by atoms with Gasteiger partial charge in [-0.2, -0.15) is 5.10 Å². The largest absolute Gasteiger partial charge is 0.311 e. The van der Waals surface area contributed by atoms with Crippen LogP contribution in [0.4, 0.5) is 5.69 Å². The zero-order valence-electron chi connectivity index (χ0n) is 16.1. The Bertz CT molecular complexity index is 1050. The average molecular weight is 359 g/mol. The third kappa shape index (κ3) is 2.29. The Kier molecular flexibility index (Phi) is 3.48. The normalized spacial score (nSPS) is 23.6. The van der Waals surface area contributed by atoms with Crippen molar-refractivity contribution in [2.75, 3.05) is 11.4 Å². The quantitative estimate of drug-likeness (QED) is 0.735. The molecular weight excluding hydrogens is 334 g/mol. The second-order valence-electron chi connectivity index (χ2n) is 8.51. The number of nitrogens with one attached hydrogen (secondary N) is 1. The van der Waals surface area contributed by atoms with Crippen molar-refractivity contribution in [3.8, 4) is 0 Å². The summed E-state index contributed by atoms with van der Waals surface area (Å²) >= 11 is 0. The van der Waals surface area contributed by atoms with Gasteiger partial charge in [-0.15, -0.1) is 0 Å². The van der Waals surface area contributed by atoms with Gasteiger partial charge in [-0.1, -0.05) is 44.2 Å². The molecule has 4 heteroatoms. The van der Waals surface area contributed by atoms with Crippen molar-refractivity contribution in [1.82, 2.24) is 10.2 Å². The molecule has 1 N–H and O–H groups in total. The van der Waals surface area contributed by atoms with Crippen LogP contribution in [0.2, 0.25) is 0 Å². The van der Waals surface area contributed by atoms with Crippen molar-refractivity contribution in [3.63, 3.8) is 0 Å². The average Bonchev–Trinajstić information content (AvgIpc) is 3.25. The molecule has 1 spiro atoms. The monoisotopic (exact) mass is 359 g/mol. The maximum atomic E-state index is 13.5. The number of H-pyrrole nitrogens is 1. The van der Waals surface area contributed by atoms with E-state index >= 15 is 0 Å². The van der Waals surface area contributed by atoms with Crippen LogP contribution in [-0.2, 0) is 10.2 Å². The maximum absolute atomic E-state index is 13.5. The van der Waals surface area contributed by atoms with Gasteiger partial charge in [-0.25, -0.2) is 0 Å². The summed E-state index contributed by atoms with van der Waals surface area (Å²) in [5.41, 5.74) is 5.26. The van der Waals surface area contributed by atoms with Gasteiger partial charge in [0.15, 0.2) is 0 Å². The molecule has 138 valence electrons. The minimum Gasteiger partial charge on any atom is -0.311 e. The van der Waals surface area contributed by atoms with Crippen LogP contribution in [0.25, 0.3) is 10.9 Å². The number of benzene rings is 2. The number of fused-ring (bicyclic) bond motifs is 3. The van der Waals surface area contributed by atoms with Gasteiger partial charge >= 0.3 is 0 Å². The van der Waals surface area contributed by atoms with Gasteiger partial charge in [-0.05, 0) is 48.9 Å². The molecule has 4 nitrogen and oxygen atoms in total. The van der Waals surface area contributed by atoms with Gasteiger partial charge in [-0.3, -0.25) is 9.89 Å². The van der Waals surface area contributed by atoms with Crippen LogP contribution in [-0.4, -0.2) is 22.6 Å². The van der Waals surface area contributed by atoms with Gasteiger partial charge in [0, 0.05) is 29.2 Å². The molecule has 1 amide bonds. The molecular formula is C23H25N3O. The number of para-hydroxylation sites is 1. The van der Waals surface area contributed by atoms with Crippen LogP contribution in [0.15, 0.2) is 42.5 Å². The summed E-state index contributed by atoms with van der Waals surface area (Å²) in [6, 6.07) is 14.8. The fraction of sp³-hybridized carbons (Fsp3) is 0.391. The molecule has 27 heavy (non-hydrogen) atoms. The number of aromatic nitrogens is 2. The van der Waals surface area contributed by atoms with Crippen molar-refractivity contribution in [2.45, 2.75) is 44.9 Å². The highest BCUT2D eigenvalue weighted by Crippen LogP contribution is 2.66. The van der Waals surface area contributed by atoms with Crippen LogP contribution >= 0.6 is 0 Å². The molecule has 1 fully saturated rings. The first kappa shape index (κ1) is 16.5. The van der Waals surface area contributed by atoms with E-state index in [9.17, 15) is 4.79 Å². The van der Waals surface area contributed by atoms with Crippen LogP contribution in [0.1, 0.15) is 49.4 Å². The molecule has 2 atom stereocenters. The summed E-state index contributed by atoms with van der Waals surface area (Å²) in [6.07, 6.45) is 1.93. The second-order valence-corrected chi connectivity index (χ2v) is 8.51. The number of nitrogens with zero attached hydrogens (tertiary/aromatic N) is 2. The molecule has 2 aliphatic rings. The fourth-order valence-corrected chi connectivity index (χ4v) is 4.74. The summed E-state index contributed by atoms with van der Waals surface area (Å²) in [6.45, 7) is 7.27. The van der Waals surface area contributed by atoms with Crippen molar-refractivity contribution in [2.24, 2.45) is 5.92 Å². The highest BCUT2D eigenvalue weighted by molar-refractivity contribution is 6.11. The van der Waals surface area contributed by atoms with Crippen molar-refractivity contribution < 1.29 is 4.79 Å². The molecule has 1 aliphatic carbocycles. The molecule has 0 bridgehead atoms. The summed E-state index contributed by atoms with van der Waals surface area (Å²) in [4.78, 5) is 15.5. The van der Waals surface area contributed by atoms with Crippen LogP contribution in [0.3, 0.4) is 0 Å². The van der Waals surface area contributed by atoms with E-state index in [1.54, 1.807) is 0 Å². The zero-order valence-corrected chi connectivity index (χ0v) is 16.1. The lowest BCUT2D eigenvalue weighted by Crippen LogP contribution is -2.34. The Labute approximate surface area is 159 Å². The minimum absolute atomic E-state index is 0.247. The standard InChI is InChI=1S/C23H25N3O/c1-14(2)10-11-26-21-7-5-4-6-18(21)23(22(26)27)13-19(23)16-8-9-17-15(3)24-25-20(17)12-16/h4-9,12,14,19H,10-11,13H2,1-3H3,(H,24,25). The van der Waals surface area contributed by atoms with Gasteiger partial charge in [0.1, 0.15) is 0 Å². The van der Waals surface area contributed by atoms with E-state index in [1.807, 2.05) is 17.9 Å². The first-order chi connectivity index (χ1) is 13.0. The molecule has 2 unspecified atom stereocenters. The number of aromatic amines is 1. The molecule has 3 aromatic rings. The van der Waals surface area contributed by atoms with E-state index in [2.05, 4.69) is 60.4 Å². The molecule has 2 aromatic carbocycles. The SMILES string of the molecule is Cc1[nH]nc2cc(C3CC34C(=O)N(CCC(C)C)c3ccccc34)ccc12. The number of aryl methyl sites for hydroxylation is 1. The molecule has 1 aliphatic heterocycles. The second kappa shape index (κ2) is 5.69. The van der Waals surface area contributed by atoms with Gasteiger partial charge in [0.2, 0.25) is 5.91 Å². The number of hydrogen-bond donors (Lipinski definition) is 1. The van der Waals surface area contributed by atoms with E-state index in [0.29, 0.717) is 5.92 Å². The number of carbonyl (C=O) groups is 1. The van der Waals surface area contributed by atoms with Crippen molar-refractivity contribution >= 4 is 22.5 Å². The lowest BCUT2D eigenvalue weighted by molar-refractivity contribution is -0.120. The van der Waals surface area contributed by atoms with E-state index < -0.39 is 0 Å². The van der Waals surface area contributed by atoms with Crippen LogP contribution in [0, 0.1) is 12.8 Å². The molecule has 0 radical (unpaired) electrons. The lowest BCUT2D eigenvalue weighted by Gasteiger charge is -2.19. The molecule has 1 aromatic heterocycles. The van der Waals surface area contributed by atoms with E-state index in [-0.39, 0.29) is 17.2 Å². The number of anilines is 1. The van der Waals surface area contributed by atoms with E-state index in [1.165, 1.54) is 11.1 Å². The third-order valence-corrected chi connectivity index (χ3v) is 6.37. The Hall–Kier alpha value is -2.62.